The van der Waals surface area contributed by atoms with Crippen LogP contribution in [-0.2, 0) is 6.54 Å². The number of fused-ring (bicyclic) bond motifs is 1. The Balaban J connectivity index is 1.63. The molecule has 0 fully saturated rings. The highest BCUT2D eigenvalue weighted by Crippen LogP contribution is 2.35. The molecule has 3 amide bonds. The van der Waals surface area contributed by atoms with E-state index < -0.39 is 0 Å². The van der Waals surface area contributed by atoms with Crippen molar-refractivity contribution in [2.24, 2.45) is 0 Å². The molecule has 0 spiro atoms. The van der Waals surface area contributed by atoms with Gasteiger partial charge < -0.3 is 10.6 Å². The Morgan fingerprint density at radius 3 is 2.73 bits per heavy atom. The van der Waals surface area contributed by atoms with Crippen molar-refractivity contribution in [3.63, 3.8) is 0 Å². The lowest BCUT2D eigenvalue weighted by atomic mass is 10.0. The van der Waals surface area contributed by atoms with E-state index in [0.717, 1.165) is 17.7 Å². The molecule has 2 N–H and O–H groups in total. The largest absolute Gasteiger partial charge is 0.352 e. The number of anilines is 1. The normalized spacial score (nSPS) is 15.5. The maximum absolute atomic E-state index is 12.6. The van der Waals surface area contributed by atoms with E-state index in [-0.39, 0.29) is 11.9 Å². The van der Waals surface area contributed by atoms with Crippen LogP contribution in [0.25, 0.3) is 0 Å². The van der Waals surface area contributed by atoms with E-state index in [0.29, 0.717) is 31.1 Å². The molecule has 26 heavy (non-hydrogen) atoms. The van der Waals surface area contributed by atoms with Gasteiger partial charge in [-0.2, -0.15) is 0 Å². The molecule has 3 rings (SSSR count). The topological polar surface area (TPSA) is 61.4 Å². The first kappa shape index (κ1) is 18.0. The van der Waals surface area contributed by atoms with Crippen molar-refractivity contribution in [1.82, 2.24) is 10.6 Å². The number of benzene rings is 2. The van der Waals surface area contributed by atoms with Gasteiger partial charge in [0.15, 0.2) is 0 Å². The molecule has 1 aliphatic heterocycles. The Bertz CT molecular complexity index is 803. The molecule has 0 aromatic heterocycles. The van der Waals surface area contributed by atoms with Gasteiger partial charge in [0.05, 0.1) is 0 Å². The van der Waals surface area contributed by atoms with Crippen LogP contribution in [0.3, 0.4) is 0 Å². The van der Waals surface area contributed by atoms with Crippen LogP contribution in [0, 0.1) is 0 Å². The molecular formula is C21H25N3O2. The third-order valence-corrected chi connectivity index (χ3v) is 4.63. The van der Waals surface area contributed by atoms with Gasteiger partial charge in [0, 0.05) is 36.8 Å². The van der Waals surface area contributed by atoms with Crippen LogP contribution in [0.15, 0.2) is 48.5 Å². The van der Waals surface area contributed by atoms with Gasteiger partial charge >= 0.3 is 6.03 Å². The van der Waals surface area contributed by atoms with Gasteiger partial charge in [-0.3, -0.25) is 9.69 Å². The first-order valence-corrected chi connectivity index (χ1v) is 9.11. The molecule has 1 aliphatic rings. The lowest BCUT2D eigenvalue weighted by Crippen LogP contribution is -2.38. The number of rotatable bonds is 5. The molecule has 136 valence electrons. The minimum absolute atomic E-state index is 0.0812. The summed E-state index contributed by atoms with van der Waals surface area (Å²) in [5, 5.41) is 5.83. The maximum Gasteiger partial charge on any atom is 0.322 e. The van der Waals surface area contributed by atoms with E-state index in [1.54, 1.807) is 11.0 Å². The van der Waals surface area contributed by atoms with Crippen molar-refractivity contribution in [1.29, 1.82) is 0 Å². The summed E-state index contributed by atoms with van der Waals surface area (Å²) in [6.45, 7) is 5.88. The number of carbonyl (C=O) groups excluding carboxylic acids is 2. The molecule has 2 aromatic carbocycles. The fraction of sp³-hybridized carbons (Fsp3) is 0.333. The van der Waals surface area contributed by atoms with Crippen molar-refractivity contribution in [3.8, 4) is 0 Å². The van der Waals surface area contributed by atoms with E-state index in [1.165, 1.54) is 5.56 Å². The van der Waals surface area contributed by atoms with Crippen LogP contribution in [0.5, 0.6) is 0 Å². The van der Waals surface area contributed by atoms with Gasteiger partial charge in [-0.15, -0.1) is 0 Å². The zero-order valence-electron chi connectivity index (χ0n) is 15.3. The van der Waals surface area contributed by atoms with Crippen LogP contribution in [0.4, 0.5) is 10.5 Å². The molecule has 0 bridgehead atoms. The molecule has 0 saturated heterocycles. The summed E-state index contributed by atoms with van der Waals surface area (Å²) in [4.78, 5) is 26.5. The third kappa shape index (κ3) is 3.87. The van der Waals surface area contributed by atoms with Crippen LogP contribution < -0.4 is 15.5 Å². The quantitative estimate of drug-likeness (QED) is 0.863. The molecule has 1 unspecified atom stereocenters. The first-order valence-electron chi connectivity index (χ1n) is 9.11. The van der Waals surface area contributed by atoms with E-state index >= 15 is 0 Å². The number of nitrogens with zero attached hydrogens (tertiary/aromatic N) is 1. The fourth-order valence-corrected chi connectivity index (χ4v) is 3.25. The smallest absolute Gasteiger partial charge is 0.322 e. The Kier molecular flexibility index (Phi) is 5.56. The highest BCUT2D eigenvalue weighted by atomic mass is 16.2. The number of urea groups is 1. The molecular weight excluding hydrogens is 326 g/mol. The Hall–Kier alpha value is -2.82. The van der Waals surface area contributed by atoms with E-state index in [1.807, 2.05) is 43.3 Å². The van der Waals surface area contributed by atoms with Crippen LogP contribution in [0.1, 0.15) is 47.7 Å². The monoisotopic (exact) mass is 351 g/mol. The van der Waals surface area contributed by atoms with Crippen molar-refractivity contribution in [2.75, 3.05) is 18.0 Å². The summed E-state index contributed by atoms with van der Waals surface area (Å²) in [5.41, 5.74) is 3.70. The summed E-state index contributed by atoms with van der Waals surface area (Å²) in [7, 11) is 0. The molecule has 5 heteroatoms. The molecule has 1 atom stereocenters. The summed E-state index contributed by atoms with van der Waals surface area (Å²) in [5.74, 6) is 0.255. The Morgan fingerprint density at radius 2 is 1.92 bits per heavy atom. The highest BCUT2D eigenvalue weighted by molar-refractivity contribution is 5.95. The van der Waals surface area contributed by atoms with Crippen LogP contribution in [0.2, 0.25) is 0 Å². The van der Waals surface area contributed by atoms with Gasteiger partial charge in [0.2, 0.25) is 0 Å². The Labute approximate surface area is 154 Å². The number of hydrogen-bond donors (Lipinski definition) is 2. The van der Waals surface area contributed by atoms with Gasteiger partial charge in [0.25, 0.3) is 5.91 Å². The lowest BCUT2D eigenvalue weighted by Gasteiger charge is -2.18. The molecule has 5 nitrogen and oxygen atoms in total. The predicted molar refractivity (Wildman–Crippen MR) is 104 cm³/mol. The molecule has 2 aromatic rings. The van der Waals surface area contributed by atoms with Crippen molar-refractivity contribution in [2.45, 2.75) is 32.7 Å². The second kappa shape index (κ2) is 8.04. The third-order valence-electron chi connectivity index (χ3n) is 4.63. The average molecular weight is 351 g/mol. The van der Waals surface area contributed by atoms with E-state index in [2.05, 4.69) is 23.6 Å². The SMILES string of the molecule is CCCNC(=O)c1cccc(CNC(=O)N2CC(C)c3ccccc32)c1. The maximum atomic E-state index is 12.6. The highest BCUT2D eigenvalue weighted by Gasteiger charge is 2.29. The van der Waals surface area contributed by atoms with Crippen LogP contribution >= 0.6 is 0 Å². The zero-order chi connectivity index (χ0) is 18.5. The minimum atomic E-state index is -0.109. The van der Waals surface area contributed by atoms with Gasteiger partial charge in [-0.05, 0) is 35.7 Å². The summed E-state index contributed by atoms with van der Waals surface area (Å²) in [6.07, 6.45) is 0.900. The molecule has 1 heterocycles. The molecule has 0 saturated carbocycles. The van der Waals surface area contributed by atoms with Crippen molar-refractivity contribution >= 4 is 17.6 Å². The summed E-state index contributed by atoms with van der Waals surface area (Å²) in [6, 6.07) is 15.3. The van der Waals surface area contributed by atoms with Gasteiger partial charge in [-0.25, -0.2) is 4.79 Å². The second-order valence-electron chi connectivity index (χ2n) is 6.69. The molecule has 0 aliphatic carbocycles. The fourth-order valence-electron chi connectivity index (χ4n) is 3.25. The minimum Gasteiger partial charge on any atom is -0.352 e. The van der Waals surface area contributed by atoms with Crippen molar-refractivity contribution in [3.05, 3.63) is 65.2 Å². The number of carbonyl (C=O) groups is 2. The summed E-state index contributed by atoms with van der Waals surface area (Å²) < 4.78 is 0. The predicted octanol–water partition coefficient (Wildman–Crippen LogP) is 3.66. The number of para-hydroxylation sites is 1. The Morgan fingerprint density at radius 1 is 1.12 bits per heavy atom. The lowest BCUT2D eigenvalue weighted by molar-refractivity contribution is 0.0953. The van der Waals surface area contributed by atoms with Gasteiger partial charge in [-0.1, -0.05) is 44.2 Å². The van der Waals surface area contributed by atoms with Crippen LogP contribution in [-0.4, -0.2) is 25.0 Å². The van der Waals surface area contributed by atoms with E-state index in [9.17, 15) is 9.59 Å². The zero-order valence-corrected chi connectivity index (χ0v) is 15.3. The summed E-state index contributed by atoms with van der Waals surface area (Å²) >= 11 is 0. The van der Waals surface area contributed by atoms with Crippen molar-refractivity contribution < 1.29 is 9.59 Å². The second-order valence-corrected chi connectivity index (χ2v) is 6.69. The van der Waals surface area contributed by atoms with E-state index in [4.69, 9.17) is 0 Å². The standard InChI is InChI=1S/C21H25N3O2/c1-3-11-22-20(25)17-8-6-7-16(12-17)13-23-21(26)24-14-15(2)18-9-4-5-10-19(18)24/h4-10,12,15H,3,11,13-14H2,1-2H3,(H,22,25)(H,23,26). The number of amides is 3. The van der Waals surface area contributed by atoms with Gasteiger partial charge in [0.1, 0.15) is 0 Å². The number of nitrogens with one attached hydrogen (secondary N) is 2. The first-order chi connectivity index (χ1) is 12.6. The molecule has 0 radical (unpaired) electrons. The average Bonchev–Trinajstić information content (AvgIpc) is 3.01. The number of hydrogen-bond acceptors (Lipinski definition) is 2.